The van der Waals surface area contributed by atoms with E-state index in [1.165, 1.54) is 0 Å². The van der Waals surface area contributed by atoms with Gasteiger partial charge < -0.3 is 16.0 Å². The smallest absolute Gasteiger partial charge is 0.205 e. The summed E-state index contributed by atoms with van der Waals surface area (Å²) in [5, 5.41) is 7.24. The van der Waals surface area contributed by atoms with Crippen molar-refractivity contribution in [2.45, 2.75) is 0 Å². The summed E-state index contributed by atoms with van der Waals surface area (Å²) in [7, 11) is 0. The lowest BCUT2D eigenvalue weighted by atomic mass is 10.3. The van der Waals surface area contributed by atoms with Crippen molar-refractivity contribution in [3.8, 4) is 0 Å². The summed E-state index contributed by atoms with van der Waals surface area (Å²) in [6.45, 7) is 0. The van der Waals surface area contributed by atoms with Gasteiger partial charge in [-0.15, -0.1) is 0 Å². The predicted molar refractivity (Wildman–Crippen MR) is 68.1 cm³/mol. The number of H-pyrrole nitrogens is 1. The average Bonchev–Trinajstić information content (AvgIpc) is 2.86. The predicted octanol–water partition coefficient (Wildman–Crippen LogP) is 2.95. The van der Waals surface area contributed by atoms with Crippen molar-refractivity contribution in [3.63, 3.8) is 0 Å². The Labute approximate surface area is 96.1 Å². The standard InChI is InChI=1S/C11H10N4S/c12-7-1-2-9-10(5-7)15-11(14-9)13-8-3-4-16-6-8/h1-6H,12H2,(H2,13,14,15). The molecule has 0 unspecified atom stereocenters. The van der Waals surface area contributed by atoms with Gasteiger partial charge in [-0.1, -0.05) is 0 Å². The van der Waals surface area contributed by atoms with Gasteiger partial charge in [-0.05, 0) is 29.6 Å². The van der Waals surface area contributed by atoms with E-state index in [-0.39, 0.29) is 0 Å². The molecule has 0 atom stereocenters. The molecule has 0 radical (unpaired) electrons. The Bertz CT molecular complexity index is 612. The molecule has 0 saturated heterocycles. The molecular formula is C11H10N4S. The molecule has 0 aliphatic rings. The zero-order valence-corrected chi connectivity index (χ0v) is 9.21. The first-order valence-corrected chi connectivity index (χ1v) is 5.80. The van der Waals surface area contributed by atoms with E-state index in [9.17, 15) is 0 Å². The minimum Gasteiger partial charge on any atom is -0.399 e. The fourth-order valence-electron chi connectivity index (χ4n) is 1.56. The molecule has 0 bridgehead atoms. The number of hydrogen-bond donors (Lipinski definition) is 3. The molecule has 5 heteroatoms. The Kier molecular flexibility index (Phi) is 2.04. The van der Waals surface area contributed by atoms with Gasteiger partial charge >= 0.3 is 0 Å². The lowest BCUT2D eigenvalue weighted by molar-refractivity contribution is 1.32. The molecule has 3 rings (SSSR count). The number of anilines is 3. The van der Waals surface area contributed by atoms with Crippen LogP contribution in [0, 0.1) is 0 Å². The maximum Gasteiger partial charge on any atom is 0.205 e. The number of rotatable bonds is 2. The van der Waals surface area contributed by atoms with E-state index in [2.05, 4.69) is 15.3 Å². The summed E-state index contributed by atoms with van der Waals surface area (Å²) in [4.78, 5) is 7.59. The second-order valence-corrected chi connectivity index (χ2v) is 4.28. The number of nitrogens with zero attached hydrogens (tertiary/aromatic N) is 1. The molecule has 3 aromatic rings. The van der Waals surface area contributed by atoms with Crippen molar-refractivity contribution < 1.29 is 0 Å². The minimum absolute atomic E-state index is 0.734. The van der Waals surface area contributed by atoms with E-state index >= 15 is 0 Å². The molecule has 16 heavy (non-hydrogen) atoms. The Morgan fingerprint density at radius 3 is 3.06 bits per heavy atom. The third-order valence-corrected chi connectivity index (χ3v) is 2.97. The fourth-order valence-corrected chi connectivity index (χ4v) is 2.15. The highest BCUT2D eigenvalue weighted by Gasteiger charge is 2.02. The first-order chi connectivity index (χ1) is 7.81. The van der Waals surface area contributed by atoms with Crippen molar-refractivity contribution >= 4 is 39.7 Å². The van der Waals surface area contributed by atoms with Crippen LogP contribution >= 0.6 is 11.3 Å². The number of benzene rings is 1. The van der Waals surface area contributed by atoms with Gasteiger partial charge in [0.2, 0.25) is 5.95 Å². The minimum atomic E-state index is 0.734. The van der Waals surface area contributed by atoms with Crippen LogP contribution in [0.25, 0.3) is 11.0 Å². The quantitative estimate of drug-likeness (QED) is 0.593. The van der Waals surface area contributed by atoms with Crippen LogP contribution in [-0.2, 0) is 0 Å². The third kappa shape index (κ3) is 1.61. The van der Waals surface area contributed by atoms with Gasteiger partial charge in [0.25, 0.3) is 0 Å². The molecule has 0 spiro atoms. The van der Waals surface area contributed by atoms with Crippen molar-refractivity contribution in [1.82, 2.24) is 9.97 Å². The van der Waals surface area contributed by atoms with Crippen molar-refractivity contribution in [1.29, 1.82) is 0 Å². The van der Waals surface area contributed by atoms with Gasteiger partial charge in [-0.2, -0.15) is 11.3 Å². The molecule has 0 amide bonds. The van der Waals surface area contributed by atoms with Crippen LogP contribution in [0.4, 0.5) is 17.3 Å². The average molecular weight is 230 g/mol. The number of nitrogens with two attached hydrogens (primary N) is 1. The summed E-state index contributed by atoms with van der Waals surface area (Å²) >= 11 is 1.64. The molecular weight excluding hydrogens is 220 g/mol. The lowest BCUT2D eigenvalue weighted by Gasteiger charge is -1.96. The first-order valence-electron chi connectivity index (χ1n) is 4.86. The van der Waals surface area contributed by atoms with Crippen molar-refractivity contribution in [3.05, 3.63) is 35.0 Å². The van der Waals surface area contributed by atoms with Crippen molar-refractivity contribution in [2.75, 3.05) is 11.1 Å². The highest BCUT2D eigenvalue weighted by Crippen LogP contribution is 2.21. The molecule has 0 aliphatic heterocycles. The Balaban J connectivity index is 1.99. The maximum atomic E-state index is 5.70. The van der Waals surface area contributed by atoms with Crippen LogP contribution in [0.15, 0.2) is 35.0 Å². The Morgan fingerprint density at radius 1 is 1.31 bits per heavy atom. The van der Waals surface area contributed by atoms with Crippen LogP contribution in [0.2, 0.25) is 0 Å². The lowest BCUT2D eigenvalue weighted by Crippen LogP contribution is -1.89. The third-order valence-electron chi connectivity index (χ3n) is 2.29. The van der Waals surface area contributed by atoms with Gasteiger partial charge in [-0.3, -0.25) is 0 Å². The first kappa shape index (κ1) is 9.23. The second-order valence-electron chi connectivity index (χ2n) is 3.50. The monoisotopic (exact) mass is 230 g/mol. The van der Waals surface area contributed by atoms with E-state index in [1.54, 1.807) is 11.3 Å². The van der Waals surface area contributed by atoms with Crippen LogP contribution < -0.4 is 11.1 Å². The highest BCUT2D eigenvalue weighted by molar-refractivity contribution is 7.08. The summed E-state index contributed by atoms with van der Waals surface area (Å²) in [6, 6.07) is 7.63. The fraction of sp³-hybridized carbons (Fsp3) is 0. The Morgan fingerprint density at radius 2 is 2.25 bits per heavy atom. The largest absolute Gasteiger partial charge is 0.399 e. The molecule has 1 aromatic carbocycles. The van der Waals surface area contributed by atoms with Crippen LogP contribution in [0.1, 0.15) is 0 Å². The van der Waals surface area contributed by atoms with Gasteiger partial charge in [0.15, 0.2) is 0 Å². The van der Waals surface area contributed by atoms with E-state index in [0.29, 0.717) is 0 Å². The summed E-state index contributed by atoms with van der Waals surface area (Å²) in [5.74, 6) is 0.735. The van der Waals surface area contributed by atoms with Crippen LogP contribution in [0.3, 0.4) is 0 Å². The van der Waals surface area contributed by atoms with Crippen molar-refractivity contribution in [2.24, 2.45) is 0 Å². The molecule has 4 N–H and O–H groups in total. The zero-order chi connectivity index (χ0) is 11.0. The topological polar surface area (TPSA) is 66.7 Å². The number of imidazole rings is 1. The number of fused-ring (bicyclic) bond motifs is 1. The highest BCUT2D eigenvalue weighted by atomic mass is 32.1. The number of nitrogen functional groups attached to an aromatic ring is 1. The summed E-state index contributed by atoms with van der Waals surface area (Å²) < 4.78 is 0. The Hall–Kier alpha value is -2.01. The van der Waals surface area contributed by atoms with Gasteiger partial charge in [0.1, 0.15) is 0 Å². The van der Waals surface area contributed by atoms with Crippen LogP contribution in [0.5, 0.6) is 0 Å². The van der Waals surface area contributed by atoms with E-state index in [1.807, 2.05) is 35.0 Å². The van der Waals surface area contributed by atoms with Gasteiger partial charge in [-0.25, -0.2) is 4.98 Å². The zero-order valence-electron chi connectivity index (χ0n) is 8.40. The maximum absolute atomic E-state index is 5.70. The molecule has 0 fully saturated rings. The molecule has 0 saturated carbocycles. The molecule has 80 valence electrons. The summed E-state index contributed by atoms with van der Waals surface area (Å²) in [6.07, 6.45) is 0. The van der Waals surface area contributed by atoms with E-state index in [4.69, 9.17) is 5.73 Å². The normalized spacial score (nSPS) is 10.8. The number of aromatic nitrogens is 2. The van der Waals surface area contributed by atoms with Crippen LogP contribution in [-0.4, -0.2) is 9.97 Å². The SMILES string of the molecule is Nc1ccc2nc(Nc3ccsc3)[nH]c2c1. The van der Waals surface area contributed by atoms with Gasteiger partial charge in [0, 0.05) is 11.1 Å². The number of hydrogen-bond acceptors (Lipinski definition) is 4. The molecule has 4 nitrogen and oxygen atoms in total. The van der Waals surface area contributed by atoms with E-state index in [0.717, 1.165) is 28.4 Å². The molecule has 0 aliphatic carbocycles. The van der Waals surface area contributed by atoms with Gasteiger partial charge in [0.05, 0.1) is 16.7 Å². The number of aromatic amines is 1. The molecule has 2 heterocycles. The van der Waals surface area contributed by atoms with E-state index < -0.39 is 0 Å². The second kappa shape index (κ2) is 3.53. The summed E-state index contributed by atoms with van der Waals surface area (Å²) in [5.41, 5.74) is 9.33. The molecule has 2 aromatic heterocycles. The number of nitrogens with one attached hydrogen (secondary N) is 2. The number of thiophene rings is 1.